The Morgan fingerprint density at radius 3 is 2.56 bits per heavy atom. The van der Waals surface area contributed by atoms with E-state index in [0.29, 0.717) is 16.8 Å². The van der Waals surface area contributed by atoms with Crippen molar-refractivity contribution in [3.8, 4) is 6.07 Å². The highest BCUT2D eigenvalue weighted by Gasteiger charge is 2.23. The van der Waals surface area contributed by atoms with E-state index in [0.717, 1.165) is 0 Å². The van der Waals surface area contributed by atoms with Gasteiger partial charge in [0.25, 0.3) is 0 Å². The molecule has 0 aliphatic heterocycles. The quantitative estimate of drug-likeness (QED) is 0.874. The van der Waals surface area contributed by atoms with Crippen LogP contribution in [0, 0.1) is 17.1 Å². The smallest absolute Gasteiger partial charge is 0.326 e. The first-order valence-corrected chi connectivity index (χ1v) is 7.42. The van der Waals surface area contributed by atoms with E-state index in [1.165, 1.54) is 36.2 Å². The van der Waals surface area contributed by atoms with Crippen molar-refractivity contribution in [2.24, 2.45) is 0 Å². The van der Waals surface area contributed by atoms with E-state index in [2.05, 4.69) is 5.32 Å². The van der Waals surface area contributed by atoms with Crippen LogP contribution in [0.5, 0.6) is 0 Å². The van der Waals surface area contributed by atoms with Gasteiger partial charge in [-0.25, -0.2) is 14.0 Å². The molecule has 0 spiro atoms. The van der Waals surface area contributed by atoms with Crippen LogP contribution in [0.3, 0.4) is 0 Å². The molecule has 0 aromatic heterocycles. The van der Waals surface area contributed by atoms with Crippen molar-refractivity contribution in [1.29, 1.82) is 5.26 Å². The second-order valence-corrected chi connectivity index (χ2v) is 5.39. The number of carbonyl (C=O) groups excluding carboxylic acids is 1. The van der Waals surface area contributed by atoms with Crippen molar-refractivity contribution in [2.75, 3.05) is 11.9 Å². The maximum absolute atomic E-state index is 13.0. The number of carbonyl (C=O) groups is 2. The number of nitriles is 1. The van der Waals surface area contributed by atoms with Crippen molar-refractivity contribution in [3.63, 3.8) is 0 Å². The summed E-state index contributed by atoms with van der Waals surface area (Å²) in [5.41, 5.74) is 1.46. The summed E-state index contributed by atoms with van der Waals surface area (Å²) < 4.78 is 13.0. The summed E-state index contributed by atoms with van der Waals surface area (Å²) in [5.74, 6) is -1.62. The Morgan fingerprint density at radius 2 is 1.96 bits per heavy atom. The van der Waals surface area contributed by atoms with Gasteiger partial charge >= 0.3 is 12.0 Å². The largest absolute Gasteiger partial charge is 0.480 e. The molecule has 25 heavy (non-hydrogen) atoms. The minimum absolute atomic E-state index is 0.0356. The number of rotatable bonds is 5. The predicted molar refractivity (Wildman–Crippen MR) is 89.6 cm³/mol. The molecular formula is C18H16FN3O3. The number of nitrogens with one attached hydrogen (secondary N) is 1. The van der Waals surface area contributed by atoms with Gasteiger partial charge in [-0.2, -0.15) is 5.26 Å². The van der Waals surface area contributed by atoms with Crippen LogP contribution in [0.4, 0.5) is 14.9 Å². The standard InChI is InChI=1S/C18H16FN3O3/c1-22(15-7-5-14(19)6-8-15)18(25)21-16(17(23)24)10-12-3-2-4-13(9-12)11-20/h2-9,16H,10H2,1H3,(H,21,25)(H,23,24)/t16-/m0/s1. The Kier molecular flexibility index (Phi) is 5.69. The molecule has 0 aliphatic rings. The van der Waals surface area contributed by atoms with E-state index in [1.807, 2.05) is 6.07 Å². The monoisotopic (exact) mass is 341 g/mol. The summed E-state index contributed by atoms with van der Waals surface area (Å²) >= 11 is 0. The molecule has 0 fully saturated rings. The van der Waals surface area contributed by atoms with Crippen molar-refractivity contribution in [1.82, 2.24) is 5.32 Å². The zero-order valence-electron chi connectivity index (χ0n) is 13.4. The maximum atomic E-state index is 13.0. The van der Waals surface area contributed by atoms with Crippen LogP contribution in [0.2, 0.25) is 0 Å². The predicted octanol–water partition coefficient (Wildman–Crippen LogP) is 2.54. The summed E-state index contributed by atoms with van der Waals surface area (Å²) in [4.78, 5) is 24.9. The van der Waals surface area contributed by atoms with Crippen molar-refractivity contribution in [3.05, 3.63) is 65.5 Å². The molecule has 0 bridgehead atoms. The fourth-order valence-electron chi connectivity index (χ4n) is 2.23. The summed E-state index contributed by atoms with van der Waals surface area (Å²) in [6, 6.07) is 12.0. The molecule has 128 valence electrons. The van der Waals surface area contributed by atoms with Gasteiger partial charge in [0.15, 0.2) is 0 Å². The average Bonchev–Trinajstić information content (AvgIpc) is 2.61. The van der Waals surface area contributed by atoms with Crippen LogP contribution in [0.15, 0.2) is 48.5 Å². The molecule has 2 aromatic carbocycles. The maximum Gasteiger partial charge on any atom is 0.326 e. The molecule has 2 aromatic rings. The molecule has 7 heteroatoms. The Morgan fingerprint density at radius 1 is 1.28 bits per heavy atom. The van der Waals surface area contributed by atoms with E-state index < -0.39 is 23.9 Å². The van der Waals surface area contributed by atoms with Gasteiger partial charge in [0.1, 0.15) is 11.9 Å². The third kappa shape index (κ3) is 4.78. The lowest BCUT2D eigenvalue weighted by molar-refractivity contribution is -0.139. The summed E-state index contributed by atoms with van der Waals surface area (Å²) in [6.07, 6.45) is 0.0356. The lowest BCUT2D eigenvalue weighted by Crippen LogP contribution is -2.47. The number of hydrogen-bond acceptors (Lipinski definition) is 3. The minimum atomic E-state index is -1.19. The summed E-state index contributed by atoms with van der Waals surface area (Å²) in [6.45, 7) is 0. The highest BCUT2D eigenvalue weighted by Crippen LogP contribution is 2.14. The molecule has 1 atom stereocenters. The molecule has 0 saturated heterocycles. The number of carboxylic acids is 1. The molecule has 6 nitrogen and oxygen atoms in total. The van der Waals surface area contributed by atoms with Crippen molar-refractivity contribution < 1.29 is 19.1 Å². The molecule has 0 aliphatic carbocycles. The van der Waals surface area contributed by atoms with Gasteiger partial charge in [0.05, 0.1) is 11.6 Å². The number of benzene rings is 2. The normalized spacial score (nSPS) is 11.2. The molecule has 0 radical (unpaired) electrons. The molecule has 0 saturated carbocycles. The highest BCUT2D eigenvalue weighted by atomic mass is 19.1. The SMILES string of the molecule is CN(C(=O)N[C@@H](Cc1cccc(C#N)c1)C(=O)O)c1ccc(F)cc1. The van der Waals surface area contributed by atoms with E-state index in [-0.39, 0.29) is 6.42 Å². The number of amides is 2. The summed E-state index contributed by atoms with van der Waals surface area (Å²) in [5, 5.41) is 20.7. The lowest BCUT2D eigenvalue weighted by Gasteiger charge is -2.21. The molecule has 0 heterocycles. The van der Waals surface area contributed by atoms with Gasteiger partial charge in [-0.05, 0) is 42.0 Å². The third-order valence-electron chi connectivity index (χ3n) is 3.61. The van der Waals surface area contributed by atoms with Crippen LogP contribution in [0.25, 0.3) is 0 Å². The van der Waals surface area contributed by atoms with Gasteiger partial charge in [0, 0.05) is 19.2 Å². The number of carboxylic acid groups (broad SMARTS) is 1. The van der Waals surface area contributed by atoms with Gasteiger partial charge in [-0.15, -0.1) is 0 Å². The summed E-state index contributed by atoms with van der Waals surface area (Å²) in [7, 11) is 1.46. The Balaban J connectivity index is 2.10. The van der Waals surface area contributed by atoms with Crippen molar-refractivity contribution >= 4 is 17.7 Å². The molecular weight excluding hydrogens is 325 g/mol. The molecule has 0 unspecified atom stereocenters. The van der Waals surface area contributed by atoms with Crippen molar-refractivity contribution in [2.45, 2.75) is 12.5 Å². The Hall–Kier alpha value is -3.40. The first-order valence-electron chi connectivity index (χ1n) is 7.42. The van der Waals surface area contributed by atoms with Gasteiger partial charge < -0.3 is 10.4 Å². The number of halogens is 1. The number of nitrogens with zero attached hydrogens (tertiary/aromatic N) is 2. The fourth-order valence-corrected chi connectivity index (χ4v) is 2.23. The number of aliphatic carboxylic acids is 1. The number of urea groups is 1. The van der Waals surface area contributed by atoms with Crippen LogP contribution in [-0.2, 0) is 11.2 Å². The van der Waals surface area contributed by atoms with Crippen LogP contribution in [0.1, 0.15) is 11.1 Å². The molecule has 2 N–H and O–H groups in total. The fraction of sp³-hybridized carbons (Fsp3) is 0.167. The van der Waals surface area contributed by atoms with Gasteiger partial charge in [-0.3, -0.25) is 4.90 Å². The first kappa shape index (κ1) is 17.9. The number of anilines is 1. The molecule has 2 amide bonds. The lowest BCUT2D eigenvalue weighted by atomic mass is 10.0. The Bertz CT molecular complexity index is 815. The van der Waals surface area contributed by atoms with E-state index in [1.54, 1.807) is 24.3 Å². The Labute approximate surface area is 144 Å². The van der Waals surface area contributed by atoms with E-state index >= 15 is 0 Å². The van der Waals surface area contributed by atoms with Crippen LogP contribution >= 0.6 is 0 Å². The zero-order chi connectivity index (χ0) is 18.4. The second-order valence-electron chi connectivity index (χ2n) is 5.39. The third-order valence-corrected chi connectivity index (χ3v) is 3.61. The first-order chi connectivity index (χ1) is 11.9. The molecule has 2 rings (SSSR count). The van der Waals surface area contributed by atoms with Crippen LogP contribution < -0.4 is 10.2 Å². The zero-order valence-corrected chi connectivity index (χ0v) is 13.4. The van der Waals surface area contributed by atoms with Gasteiger partial charge in [0.2, 0.25) is 0 Å². The number of hydrogen-bond donors (Lipinski definition) is 2. The topological polar surface area (TPSA) is 93.4 Å². The minimum Gasteiger partial charge on any atom is -0.480 e. The van der Waals surface area contributed by atoms with E-state index in [9.17, 15) is 19.1 Å². The van der Waals surface area contributed by atoms with Crippen LogP contribution in [-0.4, -0.2) is 30.2 Å². The average molecular weight is 341 g/mol. The van der Waals surface area contributed by atoms with Gasteiger partial charge in [-0.1, -0.05) is 12.1 Å². The van der Waals surface area contributed by atoms with E-state index in [4.69, 9.17) is 5.26 Å². The highest BCUT2D eigenvalue weighted by molar-refractivity contribution is 5.94. The second kappa shape index (κ2) is 7.93.